The number of piperidine rings is 1. The SMILES string of the molecule is CC(NC(=O)C1CCNCC1)c1ccsc1. The predicted octanol–water partition coefficient (Wildman–Crippen LogP) is 1.92. The van der Waals surface area contributed by atoms with Crippen LogP contribution in [0.4, 0.5) is 0 Å². The number of hydrogen-bond acceptors (Lipinski definition) is 3. The molecule has 0 saturated carbocycles. The Hall–Kier alpha value is -0.870. The molecule has 2 heterocycles. The molecule has 16 heavy (non-hydrogen) atoms. The van der Waals surface area contributed by atoms with Crippen LogP contribution in [-0.4, -0.2) is 19.0 Å². The van der Waals surface area contributed by atoms with E-state index in [1.165, 1.54) is 5.56 Å². The van der Waals surface area contributed by atoms with Gasteiger partial charge in [0.25, 0.3) is 0 Å². The Morgan fingerprint density at radius 1 is 1.56 bits per heavy atom. The van der Waals surface area contributed by atoms with Gasteiger partial charge in [0.05, 0.1) is 6.04 Å². The van der Waals surface area contributed by atoms with E-state index in [-0.39, 0.29) is 17.9 Å². The van der Waals surface area contributed by atoms with E-state index in [2.05, 4.69) is 22.1 Å². The van der Waals surface area contributed by atoms with Crippen molar-refractivity contribution >= 4 is 17.2 Å². The number of hydrogen-bond donors (Lipinski definition) is 2. The van der Waals surface area contributed by atoms with Gasteiger partial charge < -0.3 is 10.6 Å². The molecule has 2 rings (SSSR count). The van der Waals surface area contributed by atoms with E-state index in [4.69, 9.17) is 0 Å². The molecule has 1 aliphatic rings. The summed E-state index contributed by atoms with van der Waals surface area (Å²) in [5, 5.41) is 10.5. The quantitative estimate of drug-likeness (QED) is 0.845. The molecular weight excluding hydrogens is 220 g/mol. The third-order valence-electron chi connectivity index (χ3n) is 3.11. The Balaban J connectivity index is 1.86. The van der Waals surface area contributed by atoms with Crippen molar-refractivity contribution in [3.63, 3.8) is 0 Å². The average molecular weight is 238 g/mol. The zero-order valence-electron chi connectivity index (χ0n) is 9.53. The van der Waals surface area contributed by atoms with Gasteiger partial charge in [-0.2, -0.15) is 11.3 Å². The summed E-state index contributed by atoms with van der Waals surface area (Å²) in [6.45, 7) is 3.97. The number of carbonyl (C=O) groups is 1. The van der Waals surface area contributed by atoms with E-state index in [1.807, 2.05) is 12.3 Å². The highest BCUT2D eigenvalue weighted by atomic mass is 32.1. The summed E-state index contributed by atoms with van der Waals surface area (Å²) in [5.41, 5.74) is 1.20. The van der Waals surface area contributed by atoms with E-state index in [1.54, 1.807) is 11.3 Å². The van der Waals surface area contributed by atoms with E-state index >= 15 is 0 Å². The Bertz CT molecular complexity index is 331. The molecule has 0 spiro atoms. The average Bonchev–Trinajstić information content (AvgIpc) is 2.83. The number of amides is 1. The number of thiophene rings is 1. The number of carbonyl (C=O) groups excluding carboxylic acids is 1. The van der Waals surface area contributed by atoms with Crippen LogP contribution in [0.2, 0.25) is 0 Å². The fourth-order valence-corrected chi connectivity index (χ4v) is 2.77. The molecule has 4 heteroatoms. The molecule has 0 aromatic carbocycles. The van der Waals surface area contributed by atoms with Gasteiger partial charge in [-0.05, 0) is 55.2 Å². The van der Waals surface area contributed by atoms with Gasteiger partial charge >= 0.3 is 0 Å². The molecule has 1 aromatic heterocycles. The van der Waals surface area contributed by atoms with Gasteiger partial charge in [-0.1, -0.05) is 0 Å². The maximum Gasteiger partial charge on any atom is 0.223 e. The summed E-state index contributed by atoms with van der Waals surface area (Å²) in [4.78, 5) is 12.0. The standard InChI is InChI=1S/C12H18N2OS/c1-9(11-4-7-16-8-11)14-12(15)10-2-5-13-6-3-10/h4,7-10,13H,2-3,5-6H2,1H3,(H,14,15). The van der Waals surface area contributed by atoms with Gasteiger partial charge in [0.2, 0.25) is 5.91 Å². The summed E-state index contributed by atoms with van der Waals surface area (Å²) >= 11 is 1.67. The second-order valence-corrected chi connectivity index (χ2v) is 5.09. The third kappa shape index (κ3) is 2.83. The van der Waals surface area contributed by atoms with E-state index in [0.29, 0.717) is 0 Å². The first-order valence-corrected chi connectivity index (χ1v) is 6.75. The highest BCUT2D eigenvalue weighted by molar-refractivity contribution is 7.07. The van der Waals surface area contributed by atoms with Gasteiger partial charge in [-0.3, -0.25) is 4.79 Å². The molecule has 1 aliphatic heterocycles. The van der Waals surface area contributed by atoms with E-state index < -0.39 is 0 Å². The highest BCUT2D eigenvalue weighted by Gasteiger charge is 2.22. The van der Waals surface area contributed by atoms with Crippen LogP contribution in [0.3, 0.4) is 0 Å². The second-order valence-electron chi connectivity index (χ2n) is 4.31. The van der Waals surface area contributed by atoms with Crippen molar-refractivity contribution in [2.24, 2.45) is 5.92 Å². The van der Waals surface area contributed by atoms with E-state index in [0.717, 1.165) is 25.9 Å². The third-order valence-corrected chi connectivity index (χ3v) is 3.81. The van der Waals surface area contributed by atoms with Crippen LogP contribution in [0.15, 0.2) is 16.8 Å². The Kier molecular flexibility index (Phi) is 3.96. The highest BCUT2D eigenvalue weighted by Crippen LogP contribution is 2.18. The van der Waals surface area contributed by atoms with E-state index in [9.17, 15) is 4.79 Å². The van der Waals surface area contributed by atoms with Crippen molar-refractivity contribution in [3.8, 4) is 0 Å². The predicted molar refractivity (Wildman–Crippen MR) is 66.5 cm³/mol. The van der Waals surface area contributed by atoms with Gasteiger partial charge in [0.1, 0.15) is 0 Å². The monoisotopic (exact) mass is 238 g/mol. The van der Waals surface area contributed by atoms with Crippen molar-refractivity contribution in [2.45, 2.75) is 25.8 Å². The minimum atomic E-state index is 0.133. The van der Waals surface area contributed by atoms with Crippen molar-refractivity contribution in [3.05, 3.63) is 22.4 Å². The van der Waals surface area contributed by atoms with Crippen LogP contribution >= 0.6 is 11.3 Å². The van der Waals surface area contributed by atoms with Gasteiger partial charge in [-0.15, -0.1) is 0 Å². The molecule has 1 unspecified atom stereocenters. The lowest BCUT2D eigenvalue weighted by atomic mass is 9.96. The van der Waals surface area contributed by atoms with Crippen molar-refractivity contribution in [1.29, 1.82) is 0 Å². The summed E-state index contributed by atoms with van der Waals surface area (Å²) in [6, 6.07) is 2.20. The van der Waals surface area contributed by atoms with Crippen molar-refractivity contribution < 1.29 is 4.79 Å². The zero-order valence-corrected chi connectivity index (χ0v) is 10.3. The molecule has 3 nitrogen and oxygen atoms in total. The van der Waals surface area contributed by atoms with Gasteiger partial charge in [0.15, 0.2) is 0 Å². The largest absolute Gasteiger partial charge is 0.349 e. The van der Waals surface area contributed by atoms with Crippen LogP contribution < -0.4 is 10.6 Å². The number of rotatable bonds is 3. The molecule has 2 N–H and O–H groups in total. The fraction of sp³-hybridized carbons (Fsp3) is 0.583. The smallest absolute Gasteiger partial charge is 0.223 e. The molecule has 1 amide bonds. The molecule has 0 radical (unpaired) electrons. The van der Waals surface area contributed by atoms with Crippen molar-refractivity contribution in [2.75, 3.05) is 13.1 Å². The van der Waals surface area contributed by atoms with Crippen LogP contribution in [0.1, 0.15) is 31.4 Å². The molecule has 1 fully saturated rings. The molecule has 0 bridgehead atoms. The van der Waals surface area contributed by atoms with Crippen molar-refractivity contribution in [1.82, 2.24) is 10.6 Å². The van der Waals surface area contributed by atoms with Crippen LogP contribution in [0.25, 0.3) is 0 Å². The normalized spacial score (nSPS) is 19.3. The summed E-state index contributed by atoms with van der Waals surface area (Å²) in [6.07, 6.45) is 1.92. The minimum Gasteiger partial charge on any atom is -0.349 e. The first-order valence-electron chi connectivity index (χ1n) is 5.80. The second kappa shape index (κ2) is 5.46. The Morgan fingerprint density at radius 2 is 2.31 bits per heavy atom. The maximum absolute atomic E-state index is 12.0. The topological polar surface area (TPSA) is 41.1 Å². The number of nitrogens with one attached hydrogen (secondary N) is 2. The fourth-order valence-electron chi connectivity index (χ4n) is 2.02. The van der Waals surface area contributed by atoms with Gasteiger partial charge in [0, 0.05) is 5.92 Å². The first kappa shape index (κ1) is 11.6. The maximum atomic E-state index is 12.0. The molecular formula is C12H18N2OS. The van der Waals surface area contributed by atoms with Crippen LogP contribution in [-0.2, 0) is 4.79 Å². The lowest BCUT2D eigenvalue weighted by molar-refractivity contribution is -0.126. The first-order chi connectivity index (χ1) is 7.77. The molecule has 0 aliphatic carbocycles. The lowest BCUT2D eigenvalue weighted by Crippen LogP contribution is -2.39. The lowest BCUT2D eigenvalue weighted by Gasteiger charge is -2.23. The summed E-state index contributed by atoms with van der Waals surface area (Å²) < 4.78 is 0. The zero-order chi connectivity index (χ0) is 11.4. The Labute approximate surface area is 100 Å². The molecule has 1 atom stereocenters. The summed E-state index contributed by atoms with van der Waals surface area (Å²) in [7, 11) is 0. The Morgan fingerprint density at radius 3 is 2.94 bits per heavy atom. The molecule has 1 aromatic rings. The van der Waals surface area contributed by atoms with Gasteiger partial charge in [-0.25, -0.2) is 0 Å². The molecule has 88 valence electrons. The molecule has 1 saturated heterocycles. The van der Waals surface area contributed by atoms with Crippen LogP contribution in [0, 0.1) is 5.92 Å². The van der Waals surface area contributed by atoms with Crippen LogP contribution in [0.5, 0.6) is 0 Å². The summed E-state index contributed by atoms with van der Waals surface area (Å²) in [5.74, 6) is 0.405. The minimum absolute atomic E-state index is 0.133.